The predicted octanol–water partition coefficient (Wildman–Crippen LogP) is 4.23. The fourth-order valence-corrected chi connectivity index (χ4v) is 3.06. The van der Waals surface area contributed by atoms with Gasteiger partial charge in [0.2, 0.25) is 5.78 Å². The number of allylic oxidation sites excluding steroid dienone is 1. The maximum absolute atomic E-state index is 12.7. The van der Waals surface area contributed by atoms with Gasteiger partial charge in [-0.05, 0) is 60.5 Å². The Kier molecular flexibility index (Phi) is 4.83. The van der Waals surface area contributed by atoms with Gasteiger partial charge in [0.1, 0.15) is 17.2 Å². The van der Waals surface area contributed by atoms with E-state index in [9.17, 15) is 9.59 Å². The lowest BCUT2D eigenvalue weighted by atomic mass is 10.0. The van der Waals surface area contributed by atoms with Crippen molar-refractivity contribution in [1.82, 2.24) is 4.98 Å². The van der Waals surface area contributed by atoms with Crippen molar-refractivity contribution in [3.8, 4) is 17.2 Å². The Morgan fingerprint density at radius 1 is 1.07 bits per heavy atom. The van der Waals surface area contributed by atoms with E-state index >= 15 is 0 Å². The summed E-state index contributed by atoms with van der Waals surface area (Å²) in [7, 11) is 1.53. The average molecular weight is 387 g/mol. The van der Waals surface area contributed by atoms with Crippen molar-refractivity contribution in [1.29, 1.82) is 0 Å². The summed E-state index contributed by atoms with van der Waals surface area (Å²) in [6.07, 6.45) is 4.94. The number of carbonyl (C=O) groups excluding carboxylic acids is 2. The minimum absolute atomic E-state index is 0.208. The highest BCUT2D eigenvalue weighted by Gasteiger charge is 2.30. The van der Waals surface area contributed by atoms with Crippen molar-refractivity contribution in [2.75, 3.05) is 7.11 Å². The Bertz CT molecular complexity index is 1140. The van der Waals surface area contributed by atoms with Crippen LogP contribution in [0.15, 0.2) is 66.7 Å². The zero-order chi connectivity index (χ0) is 20.4. The lowest BCUT2D eigenvalue weighted by Gasteiger charge is -2.08. The Morgan fingerprint density at radius 2 is 1.86 bits per heavy atom. The van der Waals surface area contributed by atoms with Gasteiger partial charge in [-0.15, -0.1) is 0 Å². The van der Waals surface area contributed by atoms with Gasteiger partial charge in [0.05, 0.1) is 18.2 Å². The van der Waals surface area contributed by atoms with Gasteiger partial charge in [0.25, 0.3) is 0 Å². The van der Waals surface area contributed by atoms with E-state index < -0.39 is 5.97 Å². The van der Waals surface area contributed by atoms with Crippen molar-refractivity contribution >= 4 is 17.8 Å². The molecule has 6 nitrogen and oxygen atoms in total. The Morgan fingerprint density at radius 3 is 2.62 bits per heavy atom. The number of esters is 1. The van der Waals surface area contributed by atoms with Crippen LogP contribution in [0.1, 0.15) is 31.8 Å². The summed E-state index contributed by atoms with van der Waals surface area (Å²) in [6, 6.07) is 13.4. The van der Waals surface area contributed by atoms with Crippen LogP contribution in [0.2, 0.25) is 0 Å². The number of hydrogen-bond donors (Lipinski definition) is 0. The first kappa shape index (κ1) is 18.4. The van der Waals surface area contributed by atoms with Crippen LogP contribution in [0.25, 0.3) is 6.08 Å². The molecule has 0 atom stereocenters. The number of aryl methyl sites for hydroxylation is 1. The Balaban J connectivity index is 1.60. The molecule has 0 saturated heterocycles. The van der Waals surface area contributed by atoms with Gasteiger partial charge in [0.15, 0.2) is 5.76 Å². The highest BCUT2D eigenvalue weighted by molar-refractivity contribution is 6.15. The molecule has 0 fully saturated rings. The molecule has 3 aromatic rings. The molecular formula is C23H17NO5. The average Bonchev–Trinajstić information content (AvgIpc) is 3.04. The molecule has 1 aliphatic rings. The van der Waals surface area contributed by atoms with Crippen LogP contribution in [0, 0.1) is 6.92 Å². The van der Waals surface area contributed by atoms with Gasteiger partial charge < -0.3 is 14.2 Å². The molecule has 0 N–H and O–H groups in total. The first-order valence-corrected chi connectivity index (χ1v) is 8.90. The zero-order valence-corrected chi connectivity index (χ0v) is 15.8. The second-order valence-electron chi connectivity index (χ2n) is 6.46. The quantitative estimate of drug-likeness (QED) is 0.379. The van der Waals surface area contributed by atoms with Gasteiger partial charge in [-0.2, -0.15) is 0 Å². The standard InChI is InChI=1S/C23H17NO5/c1-14-10-18(28-23(26)16-4-3-5-17(12-16)27-2)13-19-21(14)22(25)20(29-19)11-15-6-8-24-9-7-15/h3-13H,1-2H3. The third kappa shape index (κ3) is 3.73. The predicted molar refractivity (Wildman–Crippen MR) is 106 cm³/mol. The van der Waals surface area contributed by atoms with Crippen molar-refractivity contribution in [3.05, 3.63) is 88.9 Å². The molecule has 0 aliphatic carbocycles. The molecule has 0 radical (unpaired) electrons. The van der Waals surface area contributed by atoms with Gasteiger partial charge in [-0.1, -0.05) is 6.07 Å². The first-order valence-electron chi connectivity index (χ1n) is 8.90. The molecule has 0 unspecified atom stereocenters. The number of Topliss-reactive ketones (excluding diaryl/α,β-unsaturated/α-hetero) is 1. The molecule has 6 heteroatoms. The number of ether oxygens (including phenoxy) is 3. The van der Waals surface area contributed by atoms with E-state index in [-0.39, 0.29) is 11.5 Å². The normalized spacial score (nSPS) is 13.7. The highest BCUT2D eigenvalue weighted by atomic mass is 16.5. The molecule has 144 valence electrons. The number of aromatic nitrogens is 1. The summed E-state index contributed by atoms with van der Waals surface area (Å²) in [5.74, 6) is 0.700. The van der Waals surface area contributed by atoms with Gasteiger partial charge >= 0.3 is 5.97 Å². The maximum Gasteiger partial charge on any atom is 0.343 e. The van der Waals surface area contributed by atoms with E-state index in [2.05, 4.69) is 4.98 Å². The zero-order valence-electron chi connectivity index (χ0n) is 15.8. The van der Waals surface area contributed by atoms with Gasteiger partial charge in [0, 0.05) is 18.5 Å². The second-order valence-corrected chi connectivity index (χ2v) is 6.46. The summed E-state index contributed by atoms with van der Waals surface area (Å²) >= 11 is 0. The molecule has 0 spiro atoms. The second kappa shape index (κ2) is 7.59. The number of pyridine rings is 1. The lowest BCUT2D eigenvalue weighted by molar-refractivity contribution is 0.0734. The molecule has 2 heterocycles. The molecule has 1 aliphatic heterocycles. The Labute approximate surface area is 167 Å². The van der Waals surface area contributed by atoms with E-state index in [1.54, 1.807) is 73.9 Å². The number of ketones is 1. The lowest BCUT2D eigenvalue weighted by Crippen LogP contribution is -2.09. The van der Waals surface area contributed by atoms with E-state index in [1.165, 1.54) is 7.11 Å². The van der Waals surface area contributed by atoms with Crippen LogP contribution >= 0.6 is 0 Å². The van der Waals surface area contributed by atoms with E-state index in [0.717, 1.165) is 5.56 Å². The molecule has 2 aromatic carbocycles. The number of carbonyl (C=O) groups is 2. The third-order valence-corrected chi connectivity index (χ3v) is 4.46. The van der Waals surface area contributed by atoms with Gasteiger partial charge in [-0.3, -0.25) is 9.78 Å². The Hall–Kier alpha value is -3.93. The van der Waals surface area contributed by atoms with Crippen molar-refractivity contribution < 1.29 is 23.8 Å². The number of methoxy groups -OCH3 is 1. The summed E-state index contributed by atoms with van der Waals surface area (Å²) in [4.78, 5) is 29.1. The van der Waals surface area contributed by atoms with Gasteiger partial charge in [-0.25, -0.2) is 4.79 Å². The molecule has 0 amide bonds. The van der Waals surface area contributed by atoms with Crippen molar-refractivity contribution in [2.24, 2.45) is 0 Å². The number of hydrogen-bond acceptors (Lipinski definition) is 6. The summed E-state index contributed by atoms with van der Waals surface area (Å²) in [6.45, 7) is 1.78. The molecule has 0 saturated carbocycles. The molecule has 0 bridgehead atoms. The molecule has 1 aromatic heterocycles. The van der Waals surface area contributed by atoms with Crippen LogP contribution in [0.3, 0.4) is 0 Å². The first-order chi connectivity index (χ1) is 14.0. The van der Waals surface area contributed by atoms with Crippen molar-refractivity contribution in [2.45, 2.75) is 6.92 Å². The topological polar surface area (TPSA) is 74.7 Å². The maximum atomic E-state index is 12.7. The highest BCUT2D eigenvalue weighted by Crippen LogP contribution is 2.37. The summed E-state index contributed by atoms with van der Waals surface area (Å²) in [5.41, 5.74) is 2.29. The number of nitrogens with zero attached hydrogens (tertiary/aromatic N) is 1. The molecule has 4 rings (SSSR count). The minimum atomic E-state index is -0.528. The number of benzene rings is 2. The third-order valence-electron chi connectivity index (χ3n) is 4.46. The van der Waals surface area contributed by atoms with Crippen LogP contribution < -0.4 is 14.2 Å². The van der Waals surface area contributed by atoms with Crippen molar-refractivity contribution in [3.63, 3.8) is 0 Å². The van der Waals surface area contributed by atoms with Crippen LogP contribution in [0.5, 0.6) is 17.2 Å². The number of rotatable bonds is 4. The summed E-state index contributed by atoms with van der Waals surface area (Å²) < 4.78 is 16.4. The van der Waals surface area contributed by atoms with Crippen LogP contribution in [0.4, 0.5) is 0 Å². The smallest absolute Gasteiger partial charge is 0.343 e. The van der Waals surface area contributed by atoms with E-state index in [4.69, 9.17) is 14.2 Å². The SMILES string of the molecule is COc1cccc(C(=O)Oc2cc(C)c3c(c2)OC(=Cc2ccncc2)C3=O)c1. The molecular weight excluding hydrogens is 370 g/mol. The largest absolute Gasteiger partial charge is 0.497 e. The molecule has 29 heavy (non-hydrogen) atoms. The monoisotopic (exact) mass is 387 g/mol. The minimum Gasteiger partial charge on any atom is -0.497 e. The van der Waals surface area contributed by atoms with E-state index in [1.807, 2.05) is 0 Å². The van der Waals surface area contributed by atoms with Crippen LogP contribution in [-0.2, 0) is 0 Å². The number of fused-ring (bicyclic) bond motifs is 1. The summed E-state index contributed by atoms with van der Waals surface area (Å²) in [5, 5.41) is 0. The van der Waals surface area contributed by atoms with Crippen LogP contribution in [-0.4, -0.2) is 23.8 Å². The van der Waals surface area contributed by atoms with E-state index in [0.29, 0.717) is 33.9 Å². The fourth-order valence-electron chi connectivity index (χ4n) is 3.06. The fraction of sp³-hybridized carbons (Fsp3) is 0.0870.